The fraction of sp³-hybridized carbons (Fsp3) is 0.300. The summed E-state index contributed by atoms with van der Waals surface area (Å²) in [7, 11) is 0. The molecule has 0 aliphatic carbocycles. The first kappa shape index (κ1) is 9.64. The molecule has 2 heterocycles. The first-order valence-electron chi connectivity index (χ1n) is 4.69. The highest BCUT2D eigenvalue weighted by Gasteiger charge is 2.11. The molecule has 0 spiro atoms. The van der Waals surface area contributed by atoms with E-state index in [1.54, 1.807) is 23.8 Å². The van der Waals surface area contributed by atoms with E-state index >= 15 is 0 Å². The van der Waals surface area contributed by atoms with Gasteiger partial charge in [-0.15, -0.1) is 0 Å². The van der Waals surface area contributed by atoms with Crippen LogP contribution in [0.2, 0.25) is 0 Å². The van der Waals surface area contributed by atoms with Crippen LogP contribution in [0.4, 0.5) is 0 Å². The number of ether oxygens (including phenoxy) is 1. The minimum absolute atomic E-state index is 0.309. The number of aromatic nitrogens is 3. The van der Waals surface area contributed by atoms with Crippen molar-refractivity contribution >= 4 is 11.6 Å². The first-order chi connectivity index (χ1) is 7.20. The predicted octanol–water partition coefficient (Wildman–Crippen LogP) is 1.21. The van der Waals surface area contributed by atoms with Crippen LogP contribution in [0.25, 0.3) is 5.65 Å². The molecule has 0 amide bonds. The molecule has 5 heteroatoms. The van der Waals surface area contributed by atoms with Crippen molar-refractivity contribution in [3.63, 3.8) is 0 Å². The topological polar surface area (TPSA) is 56.5 Å². The molecule has 0 unspecified atom stereocenters. The Morgan fingerprint density at radius 3 is 3.13 bits per heavy atom. The van der Waals surface area contributed by atoms with E-state index in [-0.39, 0.29) is 0 Å². The molecule has 0 aromatic carbocycles. The van der Waals surface area contributed by atoms with Gasteiger partial charge in [-0.25, -0.2) is 14.8 Å². The van der Waals surface area contributed by atoms with E-state index in [9.17, 15) is 4.79 Å². The Kier molecular flexibility index (Phi) is 2.37. The summed E-state index contributed by atoms with van der Waals surface area (Å²) in [6.45, 7) is 3.99. The van der Waals surface area contributed by atoms with Gasteiger partial charge < -0.3 is 4.74 Å². The summed E-state index contributed by atoms with van der Waals surface area (Å²) in [4.78, 5) is 19.6. The van der Waals surface area contributed by atoms with E-state index in [1.165, 1.54) is 0 Å². The molecular formula is C10H11N3O2. The highest BCUT2D eigenvalue weighted by Crippen LogP contribution is 2.06. The van der Waals surface area contributed by atoms with Crippen molar-refractivity contribution in [1.82, 2.24) is 14.4 Å². The highest BCUT2D eigenvalue weighted by atomic mass is 16.5. The van der Waals surface area contributed by atoms with E-state index in [1.807, 2.05) is 13.0 Å². The molecule has 0 saturated heterocycles. The lowest BCUT2D eigenvalue weighted by molar-refractivity contribution is 0.0520. The fourth-order valence-electron chi connectivity index (χ4n) is 1.29. The minimum Gasteiger partial charge on any atom is -0.461 e. The molecule has 0 bridgehead atoms. The zero-order valence-electron chi connectivity index (χ0n) is 8.60. The van der Waals surface area contributed by atoms with Crippen LogP contribution in [0.3, 0.4) is 0 Å². The Bertz CT molecular complexity index is 504. The monoisotopic (exact) mass is 205 g/mol. The Morgan fingerprint density at radius 2 is 2.40 bits per heavy atom. The largest absolute Gasteiger partial charge is 0.461 e. The second kappa shape index (κ2) is 3.68. The highest BCUT2D eigenvalue weighted by molar-refractivity contribution is 5.87. The van der Waals surface area contributed by atoms with Gasteiger partial charge in [0.25, 0.3) is 0 Å². The van der Waals surface area contributed by atoms with Crippen molar-refractivity contribution in [2.45, 2.75) is 13.8 Å². The summed E-state index contributed by atoms with van der Waals surface area (Å²) in [5.41, 5.74) is 1.87. The number of aryl methyl sites for hydroxylation is 1. The smallest absolute Gasteiger partial charge is 0.358 e. The van der Waals surface area contributed by atoms with Crippen LogP contribution in [0.1, 0.15) is 23.1 Å². The molecule has 2 aromatic rings. The van der Waals surface area contributed by atoms with Crippen LogP contribution in [-0.2, 0) is 4.74 Å². The molecule has 0 aliphatic rings. The van der Waals surface area contributed by atoms with Gasteiger partial charge in [0.1, 0.15) is 12.0 Å². The SMILES string of the molecule is CCOC(=O)c1cn2cnc(C)cc2n1. The number of hydrogen-bond acceptors (Lipinski definition) is 4. The van der Waals surface area contributed by atoms with Crippen LogP contribution in [0.15, 0.2) is 18.6 Å². The number of hydrogen-bond donors (Lipinski definition) is 0. The molecule has 0 saturated carbocycles. The van der Waals surface area contributed by atoms with Gasteiger partial charge in [-0.3, -0.25) is 4.40 Å². The van der Waals surface area contributed by atoms with E-state index in [0.29, 0.717) is 17.9 Å². The molecular weight excluding hydrogens is 194 g/mol. The Morgan fingerprint density at radius 1 is 1.60 bits per heavy atom. The predicted molar refractivity (Wildman–Crippen MR) is 53.7 cm³/mol. The van der Waals surface area contributed by atoms with Gasteiger partial charge >= 0.3 is 5.97 Å². The second-order valence-electron chi connectivity index (χ2n) is 3.14. The van der Waals surface area contributed by atoms with Crippen molar-refractivity contribution in [3.05, 3.63) is 30.0 Å². The third-order valence-corrected chi connectivity index (χ3v) is 1.97. The minimum atomic E-state index is -0.404. The number of carbonyl (C=O) groups excluding carboxylic acids is 1. The molecule has 0 atom stereocenters. The summed E-state index contributed by atoms with van der Waals surface area (Å²) in [6, 6.07) is 1.81. The van der Waals surface area contributed by atoms with E-state index < -0.39 is 5.97 Å². The lowest BCUT2D eigenvalue weighted by atomic mass is 10.4. The summed E-state index contributed by atoms with van der Waals surface area (Å²) < 4.78 is 6.55. The van der Waals surface area contributed by atoms with Gasteiger partial charge in [0.05, 0.1) is 6.61 Å². The first-order valence-corrected chi connectivity index (χ1v) is 4.69. The normalized spacial score (nSPS) is 10.5. The van der Waals surface area contributed by atoms with Crippen molar-refractivity contribution in [1.29, 1.82) is 0 Å². The van der Waals surface area contributed by atoms with Crippen LogP contribution in [0.5, 0.6) is 0 Å². The van der Waals surface area contributed by atoms with Crippen molar-refractivity contribution in [2.24, 2.45) is 0 Å². The molecule has 0 aliphatic heterocycles. The van der Waals surface area contributed by atoms with Gasteiger partial charge in [-0.2, -0.15) is 0 Å². The maximum Gasteiger partial charge on any atom is 0.358 e. The molecule has 78 valence electrons. The molecule has 0 N–H and O–H groups in total. The quantitative estimate of drug-likeness (QED) is 0.691. The Hall–Kier alpha value is -1.91. The Labute approximate surface area is 86.7 Å². The molecule has 15 heavy (non-hydrogen) atoms. The number of nitrogens with zero attached hydrogens (tertiary/aromatic N) is 3. The molecule has 0 radical (unpaired) electrons. The maximum absolute atomic E-state index is 11.4. The maximum atomic E-state index is 11.4. The molecule has 0 fully saturated rings. The number of rotatable bonds is 2. The van der Waals surface area contributed by atoms with E-state index in [0.717, 1.165) is 5.69 Å². The number of fused-ring (bicyclic) bond motifs is 1. The van der Waals surface area contributed by atoms with E-state index in [4.69, 9.17) is 4.74 Å². The fourth-order valence-corrected chi connectivity index (χ4v) is 1.29. The van der Waals surface area contributed by atoms with Crippen LogP contribution in [0, 0.1) is 6.92 Å². The van der Waals surface area contributed by atoms with Crippen LogP contribution >= 0.6 is 0 Å². The van der Waals surface area contributed by atoms with Crippen molar-refractivity contribution in [2.75, 3.05) is 6.61 Å². The molecule has 5 nitrogen and oxygen atoms in total. The summed E-state index contributed by atoms with van der Waals surface area (Å²) >= 11 is 0. The average molecular weight is 205 g/mol. The number of carbonyl (C=O) groups is 1. The van der Waals surface area contributed by atoms with Crippen LogP contribution < -0.4 is 0 Å². The van der Waals surface area contributed by atoms with Gasteiger partial charge in [0, 0.05) is 18.0 Å². The second-order valence-corrected chi connectivity index (χ2v) is 3.14. The zero-order valence-corrected chi connectivity index (χ0v) is 8.60. The molecule has 2 aromatic heterocycles. The standard InChI is InChI=1S/C10H11N3O2/c1-3-15-10(14)8-5-13-6-11-7(2)4-9(13)12-8/h4-6H,3H2,1-2H3. The van der Waals surface area contributed by atoms with Crippen molar-refractivity contribution in [3.8, 4) is 0 Å². The van der Waals surface area contributed by atoms with Crippen molar-refractivity contribution < 1.29 is 9.53 Å². The third kappa shape index (κ3) is 1.81. The third-order valence-electron chi connectivity index (χ3n) is 1.97. The van der Waals surface area contributed by atoms with E-state index in [2.05, 4.69) is 9.97 Å². The van der Waals surface area contributed by atoms with Gasteiger partial charge in [0.15, 0.2) is 5.69 Å². The Balaban J connectivity index is 2.42. The lowest BCUT2D eigenvalue weighted by Gasteiger charge is -1.94. The number of imidazole rings is 1. The summed E-state index contributed by atoms with van der Waals surface area (Å²) in [5.74, 6) is -0.404. The lowest BCUT2D eigenvalue weighted by Crippen LogP contribution is -2.04. The number of esters is 1. The average Bonchev–Trinajstić information content (AvgIpc) is 2.60. The zero-order chi connectivity index (χ0) is 10.8. The molecule has 2 rings (SSSR count). The van der Waals surface area contributed by atoms with Gasteiger partial charge in [-0.1, -0.05) is 0 Å². The summed E-state index contributed by atoms with van der Waals surface area (Å²) in [6.07, 6.45) is 3.24. The summed E-state index contributed by atoms with van der Waals surface area (Å²) in [5, 5.41) is 0. The van der Waals surface area contributed by atoms with Gasteiger partial charge in [-0.05, 0) is 13.8 Å². The van der Waals surface area contributed by atoms with Gasteiger partial charge in [0.2, 0.25) is 0 Å². The van der Waals surface area contributed by atoms with Crippen LogP contribution in [-0.4, -0.2) is 26.9 Å².